The van der Waals surface area contributed by atoms with Crippen LogP contribution in [0.1, 0.15) is 5.89 Å². The summed E-state index contributed by atoms with van der Waals surface area (Å²) in [5, 5.41) is 17.9. The number of benzene rings is 2. The third-order valence-corrected chi connectivity index (χ3v) is 3.56. The number of aromatic nitrogens is 1. The molecule has 0 saturated carbocycles. The first kappa shape index (κ1) is 16.6. The predicted molar refractivity (Wildman–Crippen MR) is 91.2 cm³/mol. The zero-order chi connectivity index (χ0) is 17.6. The maximum atomic E-state index is 9.12. The first-order valence-corrected chi connectivity index (χ1v) is 7.64. The zero-order valence-corrected chi connectivity index (χ0v) is 13.6. The van der Waals surface area contributed by atoms with Crippen LogP contribution in [0.3, 0.4) is 0 Å². The molecule has 3 aromatic rings. The zero-order valence-electron chi connectivity index (χ0n) is 13.6. The number of hydrogen-bond acceptors (Lipinski definition) is 6. The van der Waals surface area contributed by atoms with Crippen LogP contribution >= 0.6 is 0 Å². The summed E-state index contributed by atoms with van der Waals surface area (Å²) in [5.41, 5.74) is 2.18. The second kappa shape index (κ2) is 7.51. The SMILES string of the molecule is COc1ccc(-c2nc(C#N)oc2-c2ccc(OCCO)cc2)cc1. The van der Waals surface area contributed by atoms with Crippen LogP contribution in [0.5, 0.6) is 11.5 Å². The van der Waals surface area contributed by atoms with Gasteiger partial charge in [-0.1, -0.05) is 0 Å². The minimum atomic E-state index is -0.0446. The Morgan fingerprint density at radius 3 is 2.28 bits per heavy atom. The molecule has 2 aromatic carbocycles. The van der Waals surface area contributed by atoms with Crippen LogP contribution in [0.25, 0.3) is 22.6 Å². The molecule has 6 nitrogen and oxygen atoms in total. The van der Waals surface area contributed by atoms with Gasteiger partial charge >= 0.3 is 5.89 Å². The van der Waals surface area contributed by atoms with Crippen molar-refractivity contribution < 1.29 is 19.0 Å². The summed E-state index contributed by atoms with van der Waals surface area (Å²) in [7, 11) is 1.60. The van der Waals surface area contributed by atoms with Gasteiger partial charge in [0, 0.05) is 11.1 Å². The van der Waals surface area contributed by atoms with Crippen LogP contribution in [0.2, 0.25) is 0 Å². The molecule has 1 aromatic heterocycles. The summed E-state index contributed by atoms with van der Waals surface area (Å²) in [4.78, 5) is 4.27. The Balaban J connectivity index is 1.98. The molecule has 0 saturated heterocycles. The maximum absolute atomic E-state index is 9.12. The number of oxazole rings is 1. The lowest BCUT2D eigenvalue weighted by Crippen LogP contribution is -2.01. The number of aliphatic hydroxyl groups excluding tert-OH is 1. The molecule has 0 radical (unpaired) electrons. The lowest BCUT2D eigenvalue weighted by atomic mass is 10.1. The normalized spacial score (nSPS) is 10.3. The molecule has 1 heterocycles. The lowest BCUT2D eigenvalue weighted by molar-refractivity contribution is 0.201. The summed E-state index contributed by atoms with van der Waals surface area (Å²) >= 11 is 0. The quantitative estimate of drug-likeness (QED) is 0.743. The fraction of sp³-hybridized carbons (Fsp3) is 0.158. The van der Waals surface area contributed by atoms with Crippen molar-refractivity contribution in [1.82, 2.24) is 4.98 Å². The van der Waals surface area contributed by atoms with E-state index in [1.807, 2.05) is 42.5 Å². The van der Waals surface area contributed by atoms with Crippen molar-refractivity contribution in [3.05, 3.63) is 54.4 Å². The predicted octanol–water partition coefficient (Wildman–Crippen LogP) is 3.26. The molecule has 1 N–H and O–H groups in total. The van der Waals surface area contributed by atoms with E-state index in [0.29, 0.717) is 17.2 Å². The number of ether oxygens (including phenoxy) is 2. The Kier molecular flexibility index (Phi) is 4.97. The van der Waals surface area contributed by atoms with Gasteiger partial charge in [0.1, 0.15) is 23.8 Å². The molecule has 0 amide bonds. The number of nitrogens with zero attached hydrogens (tertiary/aromatic N) is 2. The number of aliphatic hydroxyl groups is 1. The highest BCUT2D eigenvalue weighted by Gasteiger charge is 2.17. The van der Waals surface area contributed by atoms with Gasteiger partial charge in [-0.05, 0) is 48.5 Å². The van der Waals surface area contributed by atoms with Gasteiger partial charge in [0.2, 0.25) is 0 Å². The topological polar surface area (TPSA) is 88.5 Å². The second-order valence-corrected chi connectivity index (χ2v) is 5.13. The average Bonchev–Trinajstić information content (AvgIpc) is 3.11. The number of hydrogen-bond donors (Lipinski definition) is 1. The summed E-state index contributed by atoms with van der Waals surface area (Å²) in [6.45, 7) is 0.189. The van der Waals surface area contributed by atoms with E-state index >= 15 is 0 Å². The summed E-state index contributed by atoms with van der Waals surface area (Å²) in [6, 6.07) is 16.5. The number of rotatable bonds is 6. The standard InChI is InChI=1S/C19H16N2O4/c1-23-15-6-2-13(3-7-15)18-19(25-17(12-20)21-18)14-4-8-16(9-5-14)24-11-10-22/h2-9,22H,10-11H2,1H3. The van der Waals surface area contributed by atoms with Crippen molar-refractivity contribution in [1.29, 1.82) is 5.26 Å². The molecule has 6 heteroatoms. The highest BCUT2D eigenvalue weighted by Crippen LogP contribution is 2.34. The number of nitriles is 1. The first-order valence-electron chi connectivity index (χ1n) is 7.64. The van der Waals surface area contributed by atoms with Crippen LogP contribution in [0.15, 0.2) is 52.9 Å². The third kappa shape index (κ3) is 3.62. The molecule has 126 valence electrons. The Hall–Kier alpha value is -3.30. The molecule has 0 atom stereocenters. The summed E-state index contributed by atoms with van der Waals surface area (Å²) in [5.74, 6) is 1.89. The van der Waals surface area contributed by atoms with Gasteiger partial charge in [-0.2, -0.15) is 10.2 Å². The van der Waals surface area contributed by atoms with E-state index in [4.69, 9.17) is 24.3 Å². The fourth-order valence-corrected chi connectivity index (χ4v) is 2.37. The first-order chi connectivity index (χ1) is 12.2. The molecule has 0 spiro atoms. The monoisotopic (exact) mass is 336 g/mol. The second-order valence-electron chi connectivity index (χ2n) is 5.13. The van der Waals surface area contributed by atoms with E-state index in [0.717, 1.165) is 16.9 Å². The van der Waals surface area contributed by atoms with Gasteiger partial charge in [0.25, 0.3) is 0 Å². The fourth-order valence-electron chi connectivity index (χ4n) is 2.37. The molecule has 0 aliphatic heterocycles. The average molecular weight is 336 g/mol. The van der Waals surface area contributed by atoms with Gasteiger partial charge in [-0.25, -0.2) is 0 Å². The minimum absolute atomic E-state index is 0.00132. The van der Waals surface area contributed by atoms with Gasteiger partial charge in [-0.15, -0.1) is 0 Å². The van der Waals surface area contributed by atoms with Crippen LogP contribution in [-0.4, -0.2) is 30.4 Å². The molecule has 25 heavy (non-hydrogen) atoms. The van der Waals surface area contributed by atoms with Crippen molar-refractivity contribution >= 4 is 0 Å². The highest BCUT2D eigenvalue weighted by molar-refractivity contribution is 5.77. The van der Waals surface area contributed by atoms with Crippen LogP contribution in [0, 0.1) is 11.3 Å². The molecule has 0 aliphatic rings. The highest BCUT2D eigenvalue weighted by atomic mass is 16.5. The Morgan fingerprint density at radius 1 is 1.04 bits per heavy atom. The van der Waals surface area contributed by atoms with Crippen molar-refractivity contribution in [2.24, 2.45) is 0 Å². The van der Waals surface area contributed by atoms with Gasteiger partial charge in [0.05, 0.1) is 13.7 Å². The van der Waals surface area contributed by atoms with Crippen molar-refractivity contribution in [2.75, 3.05) is 20.3 Å². The molecule has 0 unspecified atom stereocenters. The molecule has 0 fully saturated rings. The maximum Gasteiger partial charge on any atom is 0.301 e. The molecular formula is C19H16N2O4. The van der Waals surface area contributed by atoms with Crippen LogP contribution in [0.4, 0.5) is 0 Å². The van der Waals surface area contributed by atoms with E-state index in [9.17, 15) is 0 Å². The number of methoxy groups -OCH3 is 1. The van der Waals surface area contributed by atoms with Crippen molar-refractivity contribution in [3.8, 4) is 40.1 Å². The Morgan fingerprint density at radius 2 is 1.68 bits per heavy atom. The van der Waals surface area contributed by atoms with Crippen LogP contribution < -0.4 is 9.47 Å². The molecule has 0 bridgehead atoms. The minimum Gasteiger partial charge on any atom is -0.497 e. The van der Waals surface area contributed by atoms with E-state index in [1.54, 1.807) is 19.2 Å². The molecule has 3 rings (SSSR count). The largest absolute Gasteiger partial charge is 0.497 e. The van der Waals surface area contributed by atoms with Crippen molar-refractivity contribution in [2.45, 2.75) is 0 Å². The Bertz CT molecular complexity index is 877. The van der Waals surface area contributed by atoms with Crippen molar-refractivity contribution in [3.63, 3.8) is 0 Å². The van der Waals surface area contributed by atoms with E-state index in [1.165, 1.54) is 0 Å². The van der Waals surface area contributed by atoms with Gasteiger partial charge in [-0.3, -0.25) is 0 Å². The van der Waals surface area contributed by atoms with E-state index in [2.05, 4.69) is 4.98 Å². The van der Waals surface area contributed by atoms with Gasteiger partial charge in [0.15, 0.2) is 11.8 Å². The molecule has 0 aliphatic carbocycles. The summed E-state index contributed by atoms with van der Waals surface area (Å²) in [6.07, 6.45) is 0. The Labute approximate surface area is 144 Å². The lowest BCUT2D eigenvalue weighted by Gasteiger charge is -2.06. The summed E-state index contributed by atoms with van der Waals surface area (Å²) < 4.78 is 16.1. The van der Waals surface area contributed by atoms with Crippen LogP contribution in [-0.2, 0) is 0 Å². The third-order valence-electron chi connectivity index (χ3n) is 3.56. The molecular weight excluding hydrogens is 320 g/mol. The van der Waals surface area contributed by atoms with Gasteiger partial charge < -0.3 is 19.0 Å². The van der Waals surface area contributed by atoms with E-state index in [-0.39, 0.29) is 19.1 Å². The van der Waals surface area contributed by atoms with E-state index < -0.39 is 0 Å². The smallest absolute Gasteiger partial charge is 0.301 e.